The Morgan fingerprint density at radius 1 is 0.935 bits per heavy atom. The fourth-order valence-electron chi connectivity index (χ4n) is 5.09. The SMILES string of the molecule is Cn1c(=O)c2c(nc(OC3CCN(C(=O)C4CC4)CC3)n2C2CCCCC2)n(C)c1=O. The highest BCUT2D eigenvalue weighted by Gasteiger charge is 2.36. The number of aryl methyl sites for hydroxylation is 1. The van der Waals surface area contributed by atoms with Crippen molar-refractivity contribution < 1.29 is 9.53 Å². The standard InChI is InChI=1S/C22H31N5O4/c1-24-18-17(20(29)25(2)22(24)30)27(15-6-4-3-5-7-15)21(23-18)31-16-10-12-26(13-11-16)19(28)14-8-9-14/h14-16H,3-13H2,1-2H3. The van der Waals surface area contributed by atoms with E-state index in [1.54, 1.807) is 7.05 Å². The molecule has 0 unspecified atom stereocenters. The van der Waals surface area contributed by atoms with E-state index in [1.165, 1.54) is 18.0 Å². The molecule has 31 heavy (non-hydrogen) atoms. The molecule has 2 aliphatic carbocycles. The van der Waals surface area contributed by atoms with Crippen LogP contribution in [0, 0.1) is 5.92 Å². The molecular weight excluding hydrogens is 398 g/mol. The second kappa shape index (κ2) is 7.84. The number of likely N-dealkylation sites (tertiary alicyclic amines) is 1. The molecule has 0 aromatic carbocycles. The number of carbonyl (C=O) groups is 1. The molecule has 1 aliphatic heterocycles. The number of hydrogen-bond acceptors (Lipinski definition) is 5. The van der Waals surface area contributed by atoms with Crippen LogP contribution in [-0.2, 0) is 18.9 Å². The summed E-state index contributed by atoms with van der Waals surface area (Å²) >= 11 is 0. The average molecular weight is 430 g/mol. The number of amides is 1. The average Bonchev–Trinajstić information content (AvgIpc) is 3.58. The third kappa shape index (κ3) is 3.57. The van der Waals surface area contributed by atoms with Crippen LogP contribution in [0.4, 0.5) is 0 Å². The summed E-state index contributed by atoms with van der Waals surface area (Å²) in [6, 6.07) is 0.586. The van der Waals surface area contributed by atoms with Crippen molar-refractivity contribution in [2.24, 2.45) is 20.0 Å². The van der Waals surface area contributed by atoms with Gasteiger partial charge in [0.15, 0.2) is 11.2 Å². The highest BCUT2D eigenvalue weighted by Crippen LogP contribution is 2.35. The van der Waals surface area contributed by atoms with Gasteiger partial charge in [-0.2, -0.15) is 4.98 Å². The molecule has 1 amide bonds. The third-order valence-corrected chi connectivity index (χ3v) is 7.15. The zero-order valence-corrected chi connectivity index (χ0v) is 18.4. The number of fused-ring (bicyclic) bond motifs is 1. The topological polar surface area (TPSA) is 91.4 Å². The summed E-state index contributed by atoms with van der Waals surface area (Å²) in [5, 5.41) is 0. The van der Waals surface area contributed by atoms with Gasteiger partial charge >= 0.3 is 5.69 Å². The highest BCUT2D eigenvalue weighted by molar-refractivity contribution is 5.81. The van der Waals surface area contributed by atoms with Crippen LogP contribution in [0.1, 0.15) is 63.8 Å². The number of imidazole rings is 1. The number of nitrogens with zero attached hydrogens (tertiary/aromatic N) is 5. The van der Waals surface area contributed by atoms with Crippen molar-refractivity contribution in [1.82, 2.24) is 23.6 Å². The van der Waals surface area contributed by atoms with Gasteiger partial charge in [0.2, 0.25) is 5.91 Å². The molecule has 9 nitrogen and oxygen atoms in total. The van der Waals surface area contributed by atoms with Crippen molar-refractivity contribution in [3.8, 4) is 6.01 Å². The summed E-state index contributed by atoms with van der Waals surface area (Å²) in [6.07, 6.45) is 8.86. The first-order valence-corrected chi connectivity index (χ1v) is 11.6. The Morgan fingerprint density at radius 3 is 2.26 bits per heavy atom. The van der Waals surface area contributed by atoms with Crippen molar-refractivity contribution in [1.29, 1.82) is 0 Å². The Morgan fingerprint density at radius 2 is 1.61 bits per heavy atom. The number of piperidine rings is 1. The predicted molar refractivity (Wildman–Crippen MR) is 115 cm³/mol. The summed E-state index contributed by atoms with van der Waals surface area (Å²) < 4.78 is 10.9. The van der Waals surface area contributed by atoms with E-state index in [2.05, 4.69) is 4.98 Å². The Bertz CT molecular complexity index is 1110. The maximum Gasteiger partial charge on any atom is 0.332 e. The number of ether oxygens (including phenoxy) is 1. The monoisotopic (exact) mass is 429 g/mol. The zero-order valence-electron chi connectivity index (χ0n) is 18.4. The van der Waals surface area contributed by atoms with E-state index >= 15 is 0 Å². The molecule has 9 heteroatoms. The number of rotatable bonds is 4. The molecule has 2 aromatic rings. The van der Waals surface area contributed by atoms with Crippen molar-refractivity contribution in [3.05, 3.63) is 20.8 Å². The predicted octanol–water partition coefficient (Wildman–Crippen LogP) is 1.72. The normalized spacial score (nSPS) is 21.0. The lowest BCUT2D eigenvalue weighted by atomic mass is 9.95. The van der Waals surface area contributed by atoms with Crippen LogP contribution in [0.2, 0.25) is 0 Å². The van der Waals surface area contributed by atoms with Crippen LogP contribution < -0.4 is 16.0 Å². The fourth-order valence-corrected chi connectivity index (χ4v) is 5.09. The van der Waals surface area contributed by atoms with E-state index < -0.39 is 0 Å². The van der Waals surface area contributed by atoms with Gasteiger partial charge in [0.25, 0.3) is 11.6 Å². The van der Waals surface area contributed by atoms with Gasteiger partial charge in [-0.25, -0.2) is 4.79 Å². The van der Waals surface area contributed by atoms with Crippen molar-refractivity contribution in [3.63, 3.8) is 0 Å². The molecule has 1 saturated heterocycles. The van der Waals surface area contributed by atoms with Gasteiger partial charge < -0.3 is 9.64 Å². The lowest BCUT2D eigenvalue weighted by Crippen LogP contribution is -2.42. The number of carbonyl (C=O) groups excluding carboxylic acids is 1. The minimum atomic E-state index is -0.385. The second-order valence-corrected chi connectivity index (χ2v) is 9.35. The molecule has 5 rings (SSSR count). The van der Waals surface area contributed by atoms with Gasteiger partial charge in [-0.3, -0.25) is 23.3 Å². The molecule has 168 valence electrons. The van der Waals surface area contributed by atoms with E-state index in [4.69, 9.17) is 4.74 Å². The van der Waals surface area contributed by atoms with E-state index in [1.807, 2.05) is 9.47 Å². The van der Waals surface area contributed by atoms with Crippen LogP contribution in [-0.4, -0.2) is 48.7 Å². The molecule has 2 saturated carbocycles. The Balaban J connectivity index is 1.47. The third-order valence-electron chi connectivity index (χ3n) is 7.15. The van der Waals surface area contributed by atoms with E-state index in [0.717, 1.165) is 55.9 Å². The first-order chi connectivity index (χ1) is 15.0. The Labute approximate surface area is 180 Å². The molecular formula is C22H31N5O4. The molecule has 0 bridgehead atoms. The van der Waals surface area contributed by atoms with Gasteiger partial charge in [-0.05, 0) is 25.7 Å². The zero-order chi connectivity index (χ0) is 21.7. The summed E-state index contributed by atoms with van der Waals surface area (Å²) in [4.78, 5) is 44.4. The maximum absolute atomic E-state index is 13.0. The molecule has 3 aliphatic rings. The van der Waals surface area contributed by atoms with Gasteiger partial charge in [-0.1, -0.05) is 19.3 Å². The largest absolute Gasteiger partial charge is 0.461 e. The fraction of sp³-hybridized carbons (Fsp3) is 0.727. The summed E-state index contributed by atoms with van der Waals surface area (Å²) in [7, 11) is 3.16. The molecule has 0 spiro atoms. The van der Waals surface area contributed by atoms with Gasteiger partial charge in [0.05, 0.1) is 0 Å². The molecule has 0 atom stereocenters. The van der Waals surface area contributed by atoms with Crippen LogP contribution in [0.3, 0.4) is 0 Å². The van der Waals surface area contributed by atoms with Crippen LogP contribution in [0.5, 0.6) is 6.01 Å². The molecule has 3 fully saturated rings. The van der Waals surface area contributed by atoms with E-state index in [9.17, 15) is 14.4 Å². The quantitative estimate of drug-likeness (QED) is 0.738. The van der Waals surface area contributed by atoms with Crippen LogP contribution >= 0.6 is 0 Å². The van der Waals surface area contributed by atoms with Gasteiger partial charge in [0, 0.05) is 52.0 Å². The van der Waals surface area contributed by atoms with E-state index in [0.29, 0.717) is 30.3 Å². The minimum Gasteiger partial charge on any atom is -0.461 e. The Kier molecular flexibility index (Phi) is 5.14. The summed E-state index contributed by atoms with van der Waals surface area (Å²) in [5.74, 6) is 0.525. The minimum absolute atomic E-state index is 0.0525. The first-order valence-electron chi connectivity index (χ1n) is 11.6. The van der Waals surface area contributed by atoms with Crippen molar-refractivity contribution in [2.75, 3.05) is 13.1 Å². The number of hydrogen-bond donors (Lipinski definition) is 0. The smallest absolute Gasteiger partial charge is 0.332 e. The van der Waals surface area contributed by atoms with E-state index in [-0.39, 0.29) is 35.2 Å². The first kappa shape index (κ1) is 20.3. The molecule has 3 heterocycles. The summed E-state index contributed by atoms with van der Waals surface area (Å²) in [5.41, 5.74) is 0.128. The molecule has 0 radical (unpaired) electrons. The molecule has 0 N–H and O–H groups in total. The lowest BCUT2D eigenvalue weighted by molar-refractivity contribution is -0.134. The molecule has 2 aromatic heterocycles. The second-order valence-electron chi connectivity index (χ2n) is 9.35. The van der Waals surface area contributed by atoms with Crippen molar-refractivity contribution in [2.45, 2.75) is 69.9 Å². The van der Waals surface area contributed by atoms with Crippen molar-refractivity contribution >= 4 is 17.1 Å². The lowest BCUT2D eigenvalue weighted by Gasteiger charge is -2.32. The summed E-state index contributed by atoms with van der Waals surface area (Å²) in [6.45, 7) is 1.40. The van der Waals surface area contributed by atoms with Crippen LogP contribution in [0.25, 0.3) is 11.2 Å². The Hall–Kier alpha value is -2.58. The van der Waals surface area contributed by atoms with Gasteiger partial charge in [0.1, 0.15) is 6.10 Å². The number of aromatic nitrogens is 4. The van der Waals surface area contributed by atoms with Gasteiger partial charge in [-0.15, -0.1) is 0 Å². The highest BCUT2D eigenvalue weighted by atomic mass is 16.5. The maximum atomic E-state index is 13.0. The van der Waals surface area contributed by atoms with Crippen LogP contribution in [0.15, 0.2) is 9.59 Å².